The van der Waals surface area contributed by atoms with Crippen LogP contribution in [0.5, 0.6) is 0 Å². The van der Waals surface area contributed by atoms with E-state index in [-0.39, 0.29) is 6.04 Å². The lowest BCUT2D eigenvalue weighted by atomic mass is 10.2. The first-order valence-corrected chi connectivity index (χ1v) is 8.73. The van der Waals surface area contributed by atoms with Crippen molar-refractivity contribution in [2.75, 3.05) is 11.4 Å². The van der Waals surface area contributed by atoms with Crippen molar-refractivity contribution < 1.29 is 0 Å². The normalized spacial score (nSPS) is 17.8. The van der Waals surface area contributed by atoms with Gasteiger partial charge in [-0.05, 0) is 38.8 Å². The van der Waals surface area contributed by atoms with Crippen molar-refractivity contribution in [1.82, 2.24) is 24.3 Å². The lowest BCUT2D eigenvalue weighted by Gasteiger charge is -2.25. The molecule has 1 atom stereocenters. The lowest BCUT2D eigenvalue weighted by Crippen LogP contribution is -2.25. The highest BCUT2D eigenvalue weighted by molar-refractivity contribution is 5.84. The predicted octanol–water partition coefficient (Wildman–Crippen LogP) is 3.56. The molecule has 0 radical (unpaired) electrons. The topological polar surface area (TPSA) is 62.1 Å². The van der Waals surface area contributed by atoms with Gasteiger partial charge in [0.2, 0.25) is 0 Å². The first-order valence-electron chi connectivity index (χ1n) is 8.73. The van der Waals surface area contributed by atoms with Crippen LogP contribution in [0.15, 0.2) is 36.8 Å². The van der Waals surface area contributed by atoms with Crippen LogP contribution in [-0.2, 0) is 0 Å². The Balaban J connectivity index is 1.69. The molecule has 1 unspecified atom stereocenters. The quantitative estimate of drug-likeness (QED) is 0.609. The summed E-state index contributed by atoms with van der Waals surface area (Å²) in [5.74, 6) is 2.03. The number of fused-ring (bicyclic) bond motifs is 3. The fourth-order valence-electron chi connectivity index (χ4n) is 3.83. The van der Waals surface area contributed by atoms with Gasteiger partial charge in [-0.25, -0.2) is 15.0 Å². The van der Waals surface area contributed by atoms with E-state index in [2.05, 4.69) is 45.2 Å². The van der Waals surface area contributed by atoms with Gasteiger partial charge >= 0.3 is 0 Å². The minimum atomic E-state index is 0.236. The SMILES string of the molecule is Cc1nc(C2CCCN2c2nc3ccccc3n3cncc23)[nH]c1C. The molecule has 1 aromatic carbocycles. The zero-order chi connectivity index (χ0) is 17.0. The second-order valence-electron chi connectivity index (χ2n) is 6.76. The van der Waals surface area contributed by atoms with Gasteiger partial charge in [-0.2, -0.15) is 0 Å². The second-order valence-corrected chi connectivity index (χ2v) is 6.76. The van der Waals surface area contributed by atoms with Gasteiger partial charge in [-0.3, -0.25) is 4.40 Å². The average Bonchev–Trinajstić information content (AvgIpc) is 3.34. The van der Waals surface area contributed by atoms with E-state index in [9.17, 15) is 0 Å². The number of hydrogen-bond donors (Lipinski definition) is 1. The molecular formula is C19H20N6. The maximum Gasteiger partial charge on any atom is 0.155 e. The molecule has 25 heavy (non-hydrogen) atoms. The number of nitrogens with zero attached hydrogens (tertiary/aromatic N) is 5. The van der Waals surface area contributed by atoms with Crippen LogP contribution < -0.4 is 4.90 Å². The fourth-order valence-corrected chi connectivity index (χ4v) is 3.83. The highest BCUT2D eigenvalue weighted by Crippen LogP contribution is 2.37. The monoisotopic (exact) mass is 332 g/mol. The first-order chi connectivity index (χ1) is 12.2. The molecule has 0 spiro atoms. The standard InChI is InChI=1S/C19H20N6/c1-12-13(2)22-18(21-12)16-8-5-9-24(16)19-17-10-20-11-25(17)15-7-4-3-6-14(15)23-19/h3-4,6-7,10-11,16H,5,8-9H2,1-2H3,(H,21,22). The summed E-state index contributed by atoms with van der Waals surface area (Å²) in [5.41, 5.74) is 5.33. The molecule has 1 aliphatic rings. The second kappa shape index (κ2) is 5.31. The van der Waals surface area contributed by atoms with Crippen LogP contribution >= 0.6 is 0 Å². The Hall–Kier alpha value is -2.89. The van der Waals surface area contributed by atoms with Crippen LogP contribution in [-0.4, -0.2) is 30.9 Å². The van der Waals surface area contributed by atoms with Crippen LogP contribution in [0.3, 0.4) is 0 Å². The highest BCUT2D eigenvalue weighted by atomic mass is 15.3. The molecule has 126 valence electrons. The number of hydrogen-bond acceptors (Lipinski definition) is 4. The van der Waals surface area contributed by atoms with Gasteiger partial charge in [-0.1, -0.05) is 12.1 Å². The van der Waals surface area contributed by atoms with E-state index in [4.69, 9.17) is 9.97 Å². The van der Waals surface area contributed by atoms with Gasteiger partial charge in [0.25, 0.3) is 0 Å². The number of anilines is 1. The summed E-state index contributed by atoms with van der Waals surface area (Å²) in [4.78, 5) is 19.9. The summed E-state index contributed by atoms with van der Waals surface area (Å²) in [7, 11) is 0. The van der Waals surface area contributed by atoms with E-state index in [1.54, 1.807) is 0 Å². The number of aryl methyl sites for hydroxylation is 2. The molecule has 0 aliphatic carbocycles. The van der Waals surface area contributed by atoms with Crippen LogP contribution in [0, 0.1) is 13.8 Å². The van der Waals surface area contributed by atoms with Gasteiger partial charge in [-0.15, -0.1) is 0 Å². The molecule has 3 aromatic heterocycles. The molecule has 1 aliphatic heterocycles. The average molecular weight is 332 g/mol. The molecule has 0 amide bonds. The molecule has 0 saturated carbocycles. The van der Waals surface area contributed by atoms with E-state index in [1.807, 2.05) is 24.7 Å². The summed E-state index contributed by atoms with van der Waals surface area (Å²) in [6.45, 7) is 5.11. The molecule has 4 aromatic rings. The van der Waals surface area contributed by atoms with Gasteiger partial charge in [0, 0.05) is 12.2 Å². The number of para-hydroxylation sites is 2. The third-order valence-electron chi connectivity index (χ3n) is 5.22. The third kappa shape index (κ3) is 2.13. The number of aromatic nitrogens is 5. The summed E-state index contributed by atoms with van der Waals surface area (Å²) < 4.78 is 2.13. The molecular weight excluding hydrogens is 312 g/mol. The molecule has 1 fully saturated rings. The Labute approximate surface area is 145 Å². The summed E-state index contributed by atoms with van der Waals surface area (Å²) in [6.07, 6.45) is 6.00. The van der Waals surface area contributed by atoms with Crippen LogP contribution in [0.1, 0.15) is 36.1 Å². The summed E-state index contributed by atoms with van der Waals surface area (Å²) in [5, 5.41) is 0. The number of nitrogens with one attached hydrogen (secondary N) is 1. The zero-order valence-corrected chi connectivity index (χ0v) is 14.4. The van der Waals surface area contributed by atoms with Crippen molar-refractivity contribution in [2.45, 2.75) is 32.7 Å². The van der Waals surface area contributed by atoms with E-state index >= 15 is 0 Å². The highest BCUT2D eigenvalue weighted by Gasteiger charge is 2.31. The van der Waals surface area contributed by atoms with Crippen molar-refractivity contribution in [3.05, 3.63) is 54.0 Å². The third-order valence-corrected chi connectivity index (χ3v) is 5.22. The molecule has 1 saturated heterocycles. The van der Waals surface area contributed by atoms with E-state index in [0.29, 0.717) is 0 Å². The molecule has 6 nitrogen and oxygen atoms in total. The Morgan fingerprint density at radius 1 is 1.12 bits per heavy atom. The number of H-pyrrole nitrogens is 1. The van der Waals surface area contributed by atoms with Gasteiger partial charge < -0.3 is 9.88 Å². The number of rotatable bonds is 2. The number of benzene rings is 1. The van der Waals surface area contributed by atoms with Crippen molar-refractivity contribution in [2.24, 2.45) is 0 Å². The van der Waals surface area contributed by atoms with E-state index in [0.717, 1.165) is 59.0 Å². The predicted molar refractivity (Wildman–Crippen MR) is 97.9 cm³/mol. The van der Waals surface area contributed by atoms with Crippen molar-refractivity contribution in [3.8, 4) is 0 Å². The van der Waals surface area contributed by atoms with Crippen molar-refractivity contribution in [3.63, 3.8) is 0 Å². The lowest BCUT2D eigenvalue weighted by molar-refractivity contribution is 0.670. The first kappa shape index (κ1) is 14.5. The number of aromatic amines is 1. The van der Waals surface area contributed by atoms with Crippen LogP contribution in [0.25, 0.3) is 16.6 Å². The van der Waals surface area contributed by atoms with Crippen molar-refractivity contribution >= 4 is 22.4 Å². The Kier molecular flexibility index (Phi) is 3.07. The van der Waals surface area contributed by atoms with E-state index in [1.165, 1.54) is 0 Å². The maximum absolute atomic E-state index is 4.99. The van der Waals surface area contributed by atoms with Crippen LogP contribution in [0.2, 0.25) is 0 Å². The number of imidazole rings is 2. The van der Waals surface area contributed by atoms with Crippen LogP contribution in [0.4, 0.5) is 5.82 Å². The van der Waals surface area contributed by atoms with Crippen molar-refractivity contribution in [1.29, 1.82) is 0 Å². The molecule has 0 bridgehead atoms. The Morgan fingerprint density at radius 3 is 2.84 bits per heavy atom. The molecule has 6 heteroatoms. The van der Waals surface area contributed by atoms with Gasteiger partial charge in [0.05, 0.1) is 35.3 Å². The zero-order valence-electron chi connectivity index (χ0n) is 14.4. The minimum Gasteiger partial charge on any atom is -0.345 e. The summed E-state index contributed by atoms with van der Waals surface area (Å²) >= 11 is 0. The van der Waals surface area contributed by atoms with Gasteiger partial charge in [0.1, 0.15) is 11.3 Å². The minimum absolute atomic E-state index is 0.236. The van der Waals surface area contributed by atoms with Gasteiger partial charge in [0.15, 0.2) is 5.82 Å². The Bertz CT molecular complexity index is 1060. The Morgan fingerprint density at radius 2 is 2.00 bits per heavy atom. The molecule has 4 heterocycles. The fraction of sp³-hybridized carbons (Fsp3) is 0.316. The van der Waals surface area contributed by atoms with E-state index < -0.39 is 0 Å². The molecule has 5 rings (SSSR count). The maximum atomic E-state index is 4.99. The smallest absolute Gasteiger partial charge is 0.155 e. The molecule has 1 N–H and O–H groups in total. The summed E-state index contributed by atoms with van der Waals surface area (Å²) in [6, 6.07) is 8.45. The largest absolute Gasteiger partial charge is 0.345 e.